The molecule has 1 atom stereocenters. The van der Waals surface area contributed by atoms with Crippen molar-refractivity contribution >= 4 is 30.1 Å². The molecule has 27 heavy (non-hydrogen) atoms. The number of hydrogen-bond donors (Lipinski definition) is 1. The molecule has 0 saturated carbocycles. The molecule has 2 N–H and O–H groups in total. The van der Waals surface area contributed by atoms with Crippen LogP contribution >= 0.6 is 24.2 Å². The zero-order valence-electron chi connectivity index (χ0n) is 15.4. The largest absolute Gasteiger partial charge is 0.416 e. The van der Waals surface area contributed by atoms with Gasteiger partial charge in [0.2, 0.25) is 5.91 Å². The Bertz CT molecular complexity index is 586. The van der Waals surface area contributed by atoms with E-state index in [2.05, 4.69) is 4.90 Å². The average molecular weight is 426 g/mol. The number of carbonyl (C=O) groups excluding carboxylic acids is 1. The summed E-state index contributed by atoms with van der Waals surface area (Å²) in [5, 5.41) is 0. The minimum atomic E-state index is -4.31. The lowest BCUT2D eigenvalue weighted by atomic mass is 10.1. The van der Waals surface area contributed by atoms with Crippen LogP contribution in [0.2, 0.25) is 0 Å². The second-order valence-corrected chi connectivity index (χ2v) is 7.52. The van der Waals surface area contributed by atoms with Crippen LogP contribution in [0.5, 0.6) is 0 Å². The van der Waals surface area contributed by atoms with Crippen molar-refractivity contribution in [2.24, 2.45) is 5.73 Å². The molecule has 0 aliphatic carbocycles. The minimum Gasteiger partial charge on any atom is -0.340 e. The van der Waals surface area contributed by atoms with E-state index in [4.69, 9.17) is 5.73 Å². The normalized spacial score (nSPS) is 17.1. The van der Waals surface area contributed by atoms with Crippen molar-refractivity contribution in [3.05, 3.63) is 35.4 Å². The number of amides is 1. The molecule has 0 spiro atoms. The molecule has 4 nitrogen and oxygen atoms in total. The Morgan fingerprint density at radius 1 is 1.19 bits per heavy atom. The van der Waals surface area contributed by atoms with E-state index < -0.39 is 17.8 Å². The van der Waals surface area contributed by atoms with Gasteiger partial charge in [0.1, 0.15) is 0 Å². The van der Waals surface area contributed by atoms with Crippen molar-refractivity contribution in [3.63, 3.8) is 0 Å². The highest BCUT2D eigenvalue weighted by molar-refractivity contribution is 7.98. The third-order valence-corrected chi connectivity index (χ3v) is 5.18. The number of alkyl halides is 3. The predicted octanol–water partition coefficient (Wildman–Crippen LogP) is 3.24. The standard InChI is InChI=1S/C18H26F3N3OS.ClH/c1-26-12-7-16(22)17(25)24-9-2-8-23(10-11-24)13-14-3-5-15(6-4-14)18(19,20)21;/h3-6,16H,2,7-13,22H2,1H3;1H/t16-;/m0./s1. The van der Waals surface area contributed by atoms with Gasteiger partial charge in [0.25, 0.3) is 0 Å². The Morgan fingerprint density at radius 2 is 1.85 bits per heavy atom. The van der Waals surface area contributed by atoms with Crippen LogP contribution in [-0.2, 0) is 17.5 Å². The molecule has 0 bridgehead atoms. The maximum Gasteiger partial charge on any atom is 0.416 e. The van der Waals surface area contributed by atoms with Crippen LogP contribution in [0.15, 0.2) is 24.3 Å². The van der Waals surface area contributed by atoms with E-state index in [-0.39, 0.29) is 18.3 Å². The van der Waals surface area contributed by atoms with Crippen LogP contribution in [0.1, 0.15) is 24.0 Å². The second-order valence-electron chi connectivity index (χ2n) is 6.54. The number of halogens is 4. The highest BCUT2D eigenvalue weighted by Crippen LogP contribution is 2.29. The van der Waals surface area contributed by atoms with Crippen molar-refractivity contribution in [3.8, 4) is 0 Å². The van der Waals surface area contributed by atoms with Gasteiger partial charge in [-0.3, -0.25) is 9.69 Å². The molecule has 1 saturated heterocycles. The smallest absolute Gasteiger partial charge is 0.340 e. The summed E-state index contributed by atoms with van der Waals surface area (Å²) in [4.78, 5) is 16.4. The van der Waals surface area contributed by atoms with Gasteiger partial charge in [-0.15, -0.1) is 12.4 Å². The van der Waals surface area contributed by atoms with Gasteiger partial charge in [-0.05, 0) is 42.5 Å². The molecule has 1 aliphatic heterocycles. The van der Waals surface area contributed by atoms with E-state index in [9.17, 15) is 18.0 Å². The Balaban J connectivity index is 0.00000364. The molecule has 0 aromatic heterocycles. The topological polar surface area (TPSA) is 49.6 Å². The molecule has 1 fully saturated rings. The maximum absolute atomic E-state index is 12.6. The van der Waals surface area contributed by atoms with E-state index >= 15 is 0 Å². The molecule has 0 unspecified atom stereocenters. The van der Waals surface area contributed by atoms with E-state index in [0.717, 1.165) is 36.4 Å². The number of nitrogens with zero attached hydrogens (tertiary/aromatic N) is 2. The van der Waals surface area contributed by atoms with Crippen LogP contribution in [-0.4, -0.2) is 59.9 Å². The summed E-state index contributed by atoms with van der Waals surface area (Å²) >= 11 is 1.67. The summed E-state index contributed by atoms with van der Waals surface area (Å²) in [5.74, 6) is 0.858. The number of rotatable bonds is 6. The Kier molecular flexibility index (Phi) is 9.94. The van der Waals surface area contributed by atoms with Gasteiger partial charge in [-0.1, -0.05) is 12.1 Å². The summed E-state index contributed by atoms with van der Waals surface area (Å²) in [6.45, 7) is 3.37. The van der Waals surface area contributed by atoms with E-state index in [1.165, 1.54) is 12.1 Å². The Labute approximate surface area is 169 Å². The Hall–Kier alpha value is -0.960. The summed E-state index contributed by atoms with van der Waals surface area (Å²) in [7, 11) is 0. The number of nitrogens with two attached hydrogens (primary N) is 1. The third-order valence-electron chi connectivity index (χ3n) is 4.54. The number of thioether (sulfide) groups is 1. The van der Waals surface area contributed by atoms with Gasteiger partial charge in [-0.2, -0.15) is 24.9 Å². The van der Waals surface area contributed by atoms with Crippen molar-refractivity contribution in [1.29, 1.82) is 0 Å². The minimum absolute atomic E-state index is 0. The van der Waals surface area contributed by atoms with Gasteiger partial charge < -0.3 is 10.6 Å². The van der Waals surface area contributed by atoms with Gasteiger partial charge in [-0.25, -0.2) is 0 Å². The first-order valence-electron chi connectivity index (χ1n) is 8.73. The zero-order chi connectivity index (χ0) is 19.2. The van der Waals surface area contributed by atoms with E-state index in [0.29, 0.717) is 32.6 Å². The monoisotopic (exact) mass is 425 g/mol. The predicted molar refractivity (Wildman–Crippen MR) is 106 cm³/mol. The molecule has 2 rings (SSSR count). The first-order chi connectivity index (χ1) is 12.3. The van der Waals surface area contributed by atoms with Gasteiger partial charge in [0, 0.05) is 32.7 Å². The summed E-state index contributed by atoms with van der Waals surface area (Å²) in [5.41, 5.74) is 6.19. The van der Waals surface area contributed by atoms with Crippen LogP contribution in [0, 0.1) is 0 Å². The quantitative estimate of drug-likeness (QED) is 0.760. The molecule has 0 radical (unpaired) electrons. The van der Waals surface area contributed by atoms with Gasteiger partial charge in [0.15, 0.2) is 0 Å². The fourth-order valence-corrected chi connectivity index (χ4v) is 3.50. The fourth-order valence-electron chi connectivity index (χ4n) is 3.01. The maximum atomic E-state index is 12.6. The SMILES string of the molecule is CSCC[C@H](N)C(=O)N1CCCN(Cc2ccc(C(F)(F)F)cc2)CC1.Cl. The number of benzene rings is 1. The lowest BCUT2D eigenvalue weighted by Crippen LogP contribution is -2.45. The van der Waals surface area contributed by atoms with Crippen molar-refractivity contribution in [2.45, 2.75) is 31.6 Å². The van der Waals surface area contributed by atoms with Gasteiger partial charge in [0.05, 0.1) is 11.6 Å². The first-order valence-corrected chi connectivity index (χ1v) is 10.1. The molecule has 1 aliphatic rings. The molecule has 9 heteroatoms. The fraction of sp³-hybridized carbons (Fsp3) is 0.611. The highest BCUT2D eigenvalue weighted by Gasteiger charge is 2.30. The summed E-state index contributed by atoms with van der Waals surface area (Å²) in [6.07, 6.45) is -0.813. The lowest BCUT2D eigenvalue weighted by Gasteiger charge is -2.24. The molecular weight excluding hydrogens is 399 g/mol. The van der Waals surface area contributed by atoms with Crippen LogP contribution in [0.25, 0.3) is 0 Å². The first kappa shape index (κ1) is 24.1. The van der Waals surface area contributed by atoms with Crippen LogP contribution in [0.3, 0.4) is 0 Å². The number of hydrogen-bond acceptors (Lipinski definition) is 4. The van der Waals surface area contributed by atoms with Crippen LogP contribution < -0.4 is 5.73 Å². The van der Waals surface area contributed by atoms with Crippen molar-refractivity contribution in [2.75, 3.05) is 38.2 Å². The summed E-state index contributed by atoms with van der Waals surface area (Å²) < 4.78 is 37.9. The molecule has 1 heterocycles. The zero-order valence-corrected chi connectivity index (χ0v) is 17.0. The van der Waals surface area contributed by atoms with Crippen LogP contribution in [0.4, 0.5) is 13.2 Å². The molecule has 1 amide bonds. The van der Waals surface area contributed by atoms with E-state index in [1.807, 2.05) is 11.2 Å². The molecule has 154 valence electrons. The molecule has 1 aromatic carbocycles. The third kappa shape index (κ3) is 7.52. The lowest BCUT2D eigenvalue weighted by molar-refractivity contribution is -0.137. The summed E-state index contributed by atoms with van der Waals surface area (Å²) in [6, 6.07) is 4.83. The highest BCUT2D eigenvalue weighted by atomic mass is 35.5. The average Bonchev–Trinajstić information content (AvgIpc) is 2.84. The second kappa shape index (κ2) is 11.1. The molecular formula is C18H27ClF3N3OS. The molecule has 1 aromatic rings. The Morgan fingerprint density at radius 3 is 2.44 bits per heavy atom. The van der Waals surface area contributed by atoms with Crippen molar-refractivity contribution in [1.82, 2.24) is 9.80 Å². The van der Waals surface area contributed by atoms with Gasteiger partial charge >= 0.3 is 6.18 Å². The number of carbonyl (C=O) groups is 1. The van der Waals surface area contributed by atoms with E-state index in [1.54, 1.807) is 11.8 Å². The van der Waals surface area contributed by atoms with Crippen molar-refractivity contribution < 1.29 is 18.0 Å².